The first kappa shape index (κ1) is 13.7. The van der Waals surface area contributed by atoms with Gasteiger partial charge in [-0.3, -0.25) is 0 Å². The van der Waals surface area contributed by atoms with Crippen molar-refractivity contribution in [3.8, 4) is 0 Å². The molecule has 0 bridgehead atoms. The van der Waals surface area contributed by atoms with E-state index in [4.69, 9.17) is 17.3 Å². The molecule has 0 unspecified atom stereocenters. The fourth-order valence-electron chi connectivity index (χ4n) is 2.64. The van der Waals surface area contributed by atoms with Crippen molar-refractivity contribution in [1.82, 2.24) is 0 Å². The van der Waals surface area contributed by atoms with Crippen LogP contribution < -0.4 is 10.6 Å². The molecular weight excluding hydrogens is 244 g/mol. The highest BCUT2D eigenvalue weighted by molar-refractivity contribution is 6.33. The zero-order chi connectivity index (χ0) is 13.0. The van der Waals surface area contributed by atoms with Crippen molar-refractivity contribution in [1.29, 1.82) is 0 Å². The summed E-state index contributed by atoms with van der Waals surface area (Å²) in [4.78, 5) is 2.43. The van der Waals surface area contributed by atoms with Crippen LogP contribution in [0.3, 0.4) is 0 Å². The predicted octanol–water partition coefficient (Wildman–Crippen LogP) is 3.47. The van der Waals surface area contributed by atoms with Crippen LogP contribution in [0.5, 0.6) is 0 Å². The van der Waals surface area contributed by atoms with E-state index in [0.717, 1.165) is 30.5 Å². The van der Waals surface area contributed by atoms with Crippen molar-refractivity contribution in [3.05, 3.63) is 28.8 Å². The lowest BCUT2D eigenvalue weighted by atomic mass is 9.85. The molecule has 0 amide bonds. The molecule has 0 atom stereocenters. The minimum Gasteiger partial charge on any atom is -0.370 e. The Morgan fingerprint density at radius 3 is 2.72 bits per heavy atom. The molecule has 0 heterocycles. The van der Waals surface area contributed by atoms with E-state index in [-0.39, 0.29) is 0 Å². The van der Waals surface area contributed by atoms with E-state index in [1.165, 1.54) is 30.5 Å². The number of hydrogen-bond acceptors (Lipinski definition) is 2. The Labute approximate surface area is 115 Å². The van der Waals surface area contributed by atoms with Crippen LogP contribution in [0.15, 0.2) is 18.2 Å². The van der Waals surface area contributed by atoms with Gasteiger partial charge in [-0.25, -0.2) is 0 Å². The maximum absolute atomic E-state index is 6.40. The summed E-state index contributed by atoms with van der Waals surface area (Å²) in [5.74, 6) is 0.854. The summed E-state index contributed by atoms with van der Waals surface area (Å²) in [6.07, 6.45) is 5.03. The summed E-state index contributed by atoms with van der Waals surface area (Å²) < 4.78 is 0. The molecule has 0 aliphatic heterocycles. The molecule has 1 aromatic rings. The van der Waals surface area contributed by atoms with E-state index in [9.17, 15) is 0 Å². The number of para-hydroxylation sites is 1. The molecule has 1 fully saturated rings. The van der Waals surface area contributed by atoms with Gasteiger partial charge in [-0.2, -0.15) is 0 Å². The van der Waals surface area contributed by atoms with Crippen LogP contribution in [-0.2, 0) is 6.42 Å². The standard InChI is InChI=1S/C15H23ClN2/c1-2-18(11-12-5-3-6-12)15-13(9-10-17)7-4-8-14(15)16/h4,7-8,12H,2-3,5-6,9-11,17H2,1H3. The highest BCUT2D eigenvalue weighted by atomic mass is 35.5. The molecule has 1 aromatic carbocycles. The van der Waals surface area contributed by atoms with Crippen molar-refractivity contribution < 1.29 is 0 Å². The Morgan fingerprint density at radius 2 is 2.17 bits per heavy atom. The average Bonchev–Trinajstić information content (AvgIpc) is 2.30. The van der Waals surface area contributed by atoms with E-state index >= 15 is 0 Å². The van der Waals surface area contributed by atoms with Crippen LogP contribution in [0.25, 0.3) is 0 Å². The molecule has 1 saturated carbocycles. The molecule has 2 rings (SSSR count). The fourth-order valence-corrected chi connectivity index (χ4v) is 2.95. The number of nitrogens with zero attached hydrogens (tertiary/aromatic N) is 1. The summed E-state index contributed by atoms with van der Waals surface area (Å²) >= 11 is 6.40. The monoisotopic (exact) mass is 266 g/mol. The first-order chi connectivity index (χ1) is 8.76. The van der Waals surface area contributed by atoms with Gasteiger partial charge in [0.1, 0.15) is 0 Å². The molecule has 18 heavy (non-hydrogen) atoms. The van der Waals surface area contributed by atoms with E-state index in [2.05, 4.69) is 17.9 Å². The highest BCUT2D eigenvalue weighted by Crippen LogP contribution is 2.34. The Hall–Kier alpha value is -0.730. The number of anilines is 1. The first-order valence-corrected chi connectivity index (χ1v) is 7.36. The molecule has 0 radical (unpaired) electrons. The van der Waals surface area contributed by atoms with E-state index in [1.54, 1.807) is 0 Å². The number of nitrogens with two attached hydrogens (primary N) is 1. The smallest absolute Gasteiger partial charge is 0.0642 e. The van der Waals surface area contributed by atoms with Crippen molar-refractivity contribution in [2.24, 2.45) is 11.7 Å². The Kier molecular flexibility index (Phi) is 4.90. The van der Waals surface area contributed by atoms with Gasteiger partial charge < -0.3 is 10.6 Å². The van der Waals surface area contributed by atoms with Crippen molar-refractivity contribution in [2.75, 3.05) is 24.5 Å². The van der Waals surface area contributed by atoms with Gasteiger partial charge in [0, 0.05) is 13.1 Å². The molecular formula is C15H23ClN2. The summed E-state index contributed by atoms with van der Waals surface area (Å²) in [5.41, 5.74) is 8.19. The minimum atomic E-state index is 0.675. The lowest BCUT2D eigenvalue weighted by Crippen LogP contribution is -2.33. The van der Waals surface area contributed by atoms with Crippen LogP contribution >= 0.6 is 11.6 Å². The van der Waals surface area contributed by atoms with Gasteiger partial charge >= 0.3 is 0 Å². The predicted molar refractivity (Wildman–Crippen MR) is 79.4 cm³/mol. The lowest BCUT2D eigenvalue weighted by molar-refractivity contribution is 0.318. The fraction of sp³-hybridized carbons (Fsp3) is 0.600. The zero-order valence-electron chi connectivity index (χ0n) is 11.2. The van der Waals surface area contributed by atoms with Crippen molar-refractivity contribution >= 4 is 17.3 Å². The van der Waals surface area contributed by atoms with Crippen molar-refractivity contribution in [2.45, 2.75) is 32.6 Å². The molecule has 2 nitrogen and oxygen atoms in total. The second-order valence-electron chi connectivity index (χ2n) is 5.12. The van der Waals surface area contributed by atoms with Gasteiger partial charge in [0.25, 0.3) is 0 Å². The van der Waals surface area contributed by atoms with Gasteiger partial charge in [0.15, 0.2) is 0 Å². The second-order valence-corrected chi connectivity index (χ2v) is 5.53. The first-order valence-electron chi connectivity index (χ1n) is 6.98. The summed E-state index contributed by atoms with van der Waals surface area (Å²) in [5, 5.41) is 0.863. The normalized spacial score (nSPS) is 15.5. The molecule has 100 valence electrons. The van der Waals surface area contributed by atoms with E-state index in [1.807, 2.05) is 12.1 Å². The number of hydrogen-bond donors (Lipinski definition) is 1. The Balaban J connectivity index is 2.21. The zero-order valence-corrected chi connectivity index (χ0v) is 11.9. The summed E-state index contributed by atoms with van der Waals surface area (Å²) in [7, 11) is 0. The van der Waals surface area contributed by atoms with Crippen LogP contribution in [0.1, 0.15) is 31.7 Å². The molecule has 0 spiro atoms. The molecule has 1 aliphatic rings. The van der Waals surface area contributed by atoms with Gasteiger partial charge in [0.05, 0.1) is 10.7 Å². The number of rotatable bonds is 6. The minimum absolute atomic E-state index is 0.675. The third kappa shape index (κ3) is 2.99. The van der Waals surface area contributed by atoms with Gasteiger partial charge in [-0.15, -0.1) is 0 Å². The van der Waals surface area contributed by atoms with Crippen LogP contribution in [0.2, 0.25) is 5.02 Å². The lowest BCUT2D eigenvalue weighted by Gasteiger charge is -2.34. The third-order valence-corrected chi connectivity index (χ3v) is 4.19. The largest absolute Gasteiger partial charge is 0.370 e. The highest BCUT2D eigenvalue weighted by Gasteiger charge is 2.22. The van der Waals surface area contributed by atoms with Gasteiger partial charge in [-0.1, -0.05) is 30.2 Å². The Bertz CT molecular complexity index is 388. The molecule has 0 aromatic heterocycles. The summed E-state index contributed by atoms with van der Waals surface area (Å²) in [6, 6.07) is 6.16. The van der Waals surface area contributed by atoms with E-state index in [0.29, 0.717) is 6.54 Å². The van der Waals surface area contributed by atoms with Gasteiger partial charge in [0.2, 0.25) is 0 Å². The number of benzene rings is 1. The molecule has 2 N–H and O–H groups in total. The Morgan fingerprint density at radius 1 is 1.39 bits per heavy atom. The van der Waals surface area contributed by atoms with Crippen LogP contribution in [-0.4, -0.2) is 19.6 Å². The summed E-state index contributed by atoms with van der Waals surface area (Å²) in [6.45, 7) is 5.03. The number of halogens is 1. The molecule has 0 saturated heterocycles. The van der Waals surface area contributed by atoms with Crippen molar-refractivity contribution in [3.63, 3.8) is 0 Å². The molecule has 3 heteroatoms. The quantitative estimate of drug-likeness (QED) is 0.854. The maximum atomic E-state index is 6.40. The maximum Gasteiger partial charge on any atom is 0.0642 e. The SMILES string of the molecule is CCN(CC1CCC1)c1c(Cl)cccc1CCN. The average molecular weight is 267 g/mol. The van der Waals surface area contributed by atoms with Crippen LogP contribution in [0.4, 0.5) is 5.69 Å². The third-order valence-electron chi connectivity index (χ3n) is 3.89. The topological polar surface area (TPSA) is 29.3 Å². The van der Waals surface area contributed by atoms with E-state index < -0.39 is 0 Å². The van der Waals surface area contributed by atoms with Gasteiger partial charge in [-0.05, 0) is 50.3 Å². The van der Waals surface area contributed by atoms with Crippen LogP contribution in [0, 0.1) is 5.92 Å². The second kappa shape index (κ2) is 6.44. The molecule has 1 aliphatic carbocycles.